The predicted molar refractivity (Wildman–Crippen MR) is 95.9 cm³/mol. The Hall–Kier alpha value is -0.930. The van der Waals surface area contributed by atoms with Crippen LogP contribution in [-0.4, -0.2) is 17.0 Å². The highest BCUT2D eigenvalue weighted by molar-refractivity contribution is 14.1. The molecule has 2 rings (SSSR count). The molecule has 0 spiro atoms. The first kappa shape index (κ1) is 16.4. The summed E-state index contributed by atoms with van der Waals surface area (Å²) in [7, 11) is 0. The van der Waals surface area contributed by atoms with E-state index in [9.17, 15) is 14.7 Å². The lowest BCUT2D eigenvalue weighted by atomic mass is 10.1. The van der Waals surface area contributed by atoms with E-state index in [4.69, 9.17) is 0 Å². The SMILES string of the molecule is O=C(Nc1c(Br)cc(Br)cc1C(=O)O)c1ccccc1I. The van der Waals surface area contributed by atoms with Crippen molar-refractivity contribution in [2.45, 2.75) is 0 Å². The van der Waals surface area contributed by atoms with E-state index in [0.717, 1.165) is 3.57 Å². The molecule has 0 aliphatic carbocycles. The summed E-state index contributed by atoms with van der Waals surface area (Å²) in [6.45, 7) is 0. The van der Waals surface area contributed by atoms with Gasteiger partial charge in [-0.3, -0.25) is 4.79 Å². The molecule has 2 N–H and O–H groups in total. The van der Waals surface area contributed by atoms with Crippen LogP contribution >= 0.6 is 54.5 Å². The smallest absolute Gasteiger partial charge is 0.337 e. The molecular formula is C14H8Br2INO3. The van der Waals surface area contributed by atoms with E-state index in [-0.39, 0.29) is 17.2 Å². The quantitative estimate of drug-likeness (QED) is 0.569. The molecule has 21 heavy (non-hydrogen) atoms. The molecule has 1 amide bonds. The Morgan fingerprint density at radius 2 is 1.76 bits per heavy atom. The van der Waals surface area contributed by atoms with E-state index < -0.39 is 5.97 Å². The highest BCUT2D eigenvalue weighted by Gasteiger charge is 2.18. The Kier molecular flexibility index (Phi) is 5.39. The zero-order valence-electron chi connectivity index (χ0n) is 10.4. The van der Waals surface area contributed by atoms with Gasteiger partial charge in [-0.15, -0.1) is 0 Å². The fourth-order valence-electron chi connectivity index (χ4n) is 1.70. The van der Waals surface area contributed by atoms with Gasteiger partial charge in [-0.25, -0.2) is 4.79 Å². The monoisotopic (exact) mass is 523 g/mol. The normalized spacial score (nSPS) is 10.2. The molecule has 0 aliphatic heterocycles. The molecule has 0 bridgehead atoms. The van der Waals surface area contributed by atoms with E-state index in [2.05, 4.69) is 59.8 Å². The Morgan fingerprint density at radius 1 is 1.10 bits per heavy atom. The molecule has 0 atom stereocenters. The molecule has 7 heteroatoms. The van der Waals surface area contributed by atoms with Crippen LogP contribution in [-0.2, 0) is 0 Å². The summed E-state index contributed by atoms with van der Waals surface area (Å²) >= 11 is 8.56. The van der Waals surface area contributed by atoms with Crippen molar-refractivity contribution in [1.82, 2.24) is 0 Å². The molecule has 108 valence electrons. The van der Waals surface area contributed by atoms with Crippen LogP contribution in [0.15, 0.2) is 45.3 Å². The lowest BCUT2D eigenvalue weighted by molar-refractivity contribution is 0.0698. The third kappa shape index (κ3) is 3.83. The number of amides is 1. The first-order valence-corrected chi connectivity index (χ1v) is 8.35. The standard InChI is InChI=1S/C14H8Br2INO3/c15-7-5-9(14(20)21)12(10(16)6-7)18-13(19)8-3-1-2-4-11(8)17/h1-6H,(H,18,19)(H,20,21). The molecular weight excluding hydrogens is 517 g/mol. The fourth-order valence-corrected chi connectivity index (χ4v) is 3.65. The minimum Gasteiger partial charge on any atom is -0.478 e. The number of anilines is 1. The summed E-state index contributed by atoms with van der Waals surface area (Å²) < 4.78 is 1.89. The number of nitrogens with one attached hydrogen (secondary N) is 1. The van der Waals surface area contributed by atoms with Crippen LogP contribution in [0.2, 0.25) is 0 Å². The van der Waals surface area contributed by atoms with E-state index in [1.54, 1.807) is 18.2 Å². The van der Waals surface area contributed by atoms with Crippen molar-refractivity contribution in [2.24, 2.45) is 0 Å². The van der Waals surface area contributed by atoms with Crippen LogP contribution in [0.5, 0.6) is 0 Å². The van der Waals surface area contributed by atoms with Crippen LogP contribution in [0.4, 0.5) is 5.69 Å². The zero-order valence-corrected chi connectivity index (χ0v) is 15.7. The predicted octanol–water partition coefficient (Wildman–Crippen LogP) is 4.77. The molecule has 0 saturated carbocycles. The van der Waals surface area contributed by atoms with Gasteiger partial charge in [-0.05, 0) is 62.8 Å². The van der Waals surface area contributed by atoms with E-state index in [1.165, 1.54) is 6.07 Å². The zero-order chi connectivity index (χ0) is 15.6. The molecule has 0 aliphatic rings. The van der Waals surface area contributed by atoms with Crippen molar-refractivity contribution < 1.29 is 14.7 Å². The van der Waals surface area contributed by atoms with Crippen molar-refractivity contribution in [3.05, 3.63) is 60.0 Å². The average Bonchev–Trinajstić information content (AvgIpc) is 2.41. The van der Waals surface area contributed by atoms with Crippen molar-refractivity contribution in [1.29, 1.82) is 0 Å². The average molecular weight is 525 g/mol. The summed E-state index contributed by atoms with van der Waals surface area (Å²) in [6, 6.07) is 10.2. The van der Waals surface area contributed by atoms with Gasteiger partial charge in [0.15, 0.2) is 0 Å². The summed E-state index contributed by atoms with van der Waals surface area (Å²) in [6.07, 6.45) is 0. The minimum absolute atomic E-state index is 0.00976. The molecule has 4 nitrogen and oxygen atoms in total. The van der Waals surface area contributed by atoms with Crippen molar-refractivity contribution in [3.63, 3.8) is 0 Å². The summed E-state index contributed by atoms with van der Waals surface area (Å²) in [5, 5.41) is 11.9. The van der Waals surface area contributed by atoms with E-state index >= 15 is 0 Å². The molecule has 0 heterocycles. The Bertz CT molecular complexity index is 734. The maximum absolute atomic E-state index is 12.3. The summed E-state index contributed by atoms with van der Waals surface area (Å²) in [4.78, 5) is 23.6. The summed E-state index contributed by atoms with van der Waals surface area (Å²) in [5.74, 6) is -1.47. The Balaban J connectivity index is 2.42. The minimum atomic E-state index is -1.12. The van der Waals surface area contributed by atoms with Gasteiger partial charge in [0.1, 0.15) is 0 Å². The lowest BCUT2D eigenvalue weighted by Gasteiger charge is -2.12. The number of carbonyl (C=O) groups excluding carboxylic acids is 1. The van der Waals surface area contributed by atoms with Crippen LogP contribution in [0.1, 0.15) is 20.7 Å². The van der Waals surface area contributed by atoms with Crippen LogP contribution in [0.3, 0.4) is 0 Å². The number of carbonyl (C=O) groups is 2. The Morgan fingerprint density at radius 3 is 2.38 bits per heavy atom. The van der Waals surface area contributed by atoms with Gasteiger partial charge in [0.05, 0.1) is 16.8 Å². The van der Waals surface area contributed by atoms with Gasteiger partial charge in [-0.1, -0.05) is 28.1 Å². The second-order valence-corrected chi connectivity index (χ2v) is 6.98. The van der Waals surface area contributed by atoms with Gasteiger partial charge in [0.2, 0.25) is 0 Å². The number of halogens is 3. The van der Waals surface area contributed by atoms with E-state index in [0.29, 0.717) is 14.5 Å². The van der Waals surface area contributed by atoms with Crippen molar-refractivity contribution >= 4 is 72.0 Å². The molecule has 0 saturated heterocycles. The molecule has 0 radical (unpaired) electrons. The van der Waals surface area contributed by atoms with Crippen molar-refractivity contribution in [2.75, 3.05) is 5.32 Å². The van der Waals surface area contributed by atoms with Crippen molar-refractivity contribution in [3.8, 4) is 0 Å². The van der Waals surface area contributed by atoms with Gasteiger partial charge in [0, 0.05) is 12.5 Å². The number of rotatable bonds is 3. The largest absolute Gasteiger partial charge is 0.478 e. The molecule has 0 fully saturated rings. The number of hydrogen-bond donors (Lipinski definition) is 2. The number of aromatic carboxylic acids is 1. The van der Waals surface area contributed by atoms with Crippen LogP contribution in [0.25, 0.3) is 0 Å². The molecule has 0 unspecified atom stereocenters. The van der Waals surface area contributed by atoms with Crippen LogP contribution < -0.4 is 5.32 Å². The number of benzene rings is 2. The van der Waals surface area contributed by atoms with Gasteiger partial charge in [-0.2, -0.15) is 0 Å². The third-order valence-electron chi connectivity index (χ3n) is 2.64. The van der Waals surface area contributed by atoms with E-state index in [1.807, 2.05) is 12.1 Å². The Labute approximate surface area is 151 Å². The molecule has 2 aromatic rings. The highest BCUT2D eigenvalue weighted by Crippen LogP contribution is 2.31. The number of carboxylic acids is 1. The van der Waals surface area contributed by atoms with Gasteiger partial charge < -0.3 is 10.4 Å². The number of hydrogen-bond acceptors (Lipinski definition) is 2. The lowest BCUT2D eigenvalue weighted by Crippen LogP contribution is -2.16. The first-order chi connectivity index (χ1) is 9.90. The molecule has 2 aromatic carbocycles. The maximum atomic E-state index is 12.3. The second-order valence-electron chi connectivity index (χ2n) is 4.05. The fraction of sp³-hybridized carbons (Fsp3) is 0. The van der Waals surface area contributed by atoms with Gasteiger partial charge >= 0.3 is 5.97 Å². The summed E-state index contributed by atoms with van der Waals surface area (Å²) in [5.41, 5.74) is 0.732. The van der Waals surface area contributed by atoms with Crippen LogP contribution in [0, 0.1) is 3.57 Å². The second kappa shape index (κ2) is 6.89. The highest BCUT2D eigenvalue weighted by atomic mass is 127. The third-order valence-corrected chi connectivity index (χ3v) is 4.67. The maximum Gasteiger partial charge on any atom is 0.337 e. The topological polar surface area (TPSA) is 66.4 Å². The molecule has 0 aromatic heterocycles. The van der Waals surface area contributed by atoms with Gasteiger partial charge in [0.25, 0.3) is 5.91 Å². The first-order valence-electron chi connectivity index (χ1n) is 5.68. The number of carboxylic acid groups (broad SMARTS) is 1.